The van der Waals surface area contributed by atoms with E-state index in [0.29, 0.717) is 33.3 Å². The number of H-pyrrole nitrogens is 1. The molecule has 8 nitrogen and oxygen atoms in total. The average Bonchev–Trinajstić information content (AvgIpc) is 3.30. The van der Waals surface area contributed by atoms with Gasteiger partial charge in [0.1, 0.15) is 10.7 Å². The SMILES string of the molecule is Cc1sc2nc(CCC(=O)NCc3nc(-c4cccc(Cl)c4)no3)[nH]c(=O)c2c1C. The Morgan fingerprint density at radius 1 is 1.30 bits per heavy atom. The fourth-order valence-electron chi connectivity index (χ4n) is 2.98. The fourth-order valence-corrected chi connectivity index (χ4v) is 4.22. The van der Waals surface area contributed by atoms with Crippen LogP contribution in [0.15, 0.2) is 33.6 Å². The molecule has 0 unspecified atom stereocenters. The standard InChI is InChI=1S/C20H18ClN5O3S/c1-10-11(2)30-20-17(10)19(28)23-14(24-20)6-7-15(27)22-9-16-25-18(26-29-16)12-4-3-5-13(21)8-12/h3-5,8H,6-7,9H2,1-2H3,(H,22,27)(H,23,24,28). The van der Waals surface area contributed by atoms with Crippen molar-refractivity contribution in [2.75, 3.05) is 0 Å². The molecule has 0 bridgehead atoms. The third-order valence-electron chi connectivity index (χ3n) is 4.66. The second-order valence-corrected chi connectivity index (χ2v) is 8.41. The first-order valence-corrected chi connectivity index (χ1v) is 10.4. The number of thiophene rings is 1. The summed E-state index contributed by atoms with van der Waals surface area (Å²) >= 11 is 7.45. The molecule has 3 aromatic heterocycles. The van der Waals surface area contributed by atoms with Crippen LogP contribution in [-0.4, -0.2) is 26.0 Å². The lowest BCUT2D eigenvalue weighted by molar-refractivity contribution is -0.121. The number of carbonyl (C=O) groups excluding carboxylic acids is 1. The number of halogens is 1. The van der Waals surface area contributed by atoms with Crippen LogP contribution in [0.5, 0.6) is 0 Å². The number of benzene rings is 1. The van der Waals surface area contributed by atoms with Crippen LogP contribution < -0.4 is 10.9 Å². The van der Waals surface area contributed by atoms with Crippen LogP contribution in [0.3, 0.4) is 0 Å². The normalized spacial score (nSPS) is 11.2. The molecule has 0 aliphatic carbocycles. The average molecular weight is 444 g/mol. The number of carbonyl (C=O) groups is 1. The van der Waals surface area contributed by atoms with Gasteiger partial charge in [-0.05, 0) is 31.5 Å². The molecule has 3 heterocycles. The molecule has 0 saturated heterocycles. The van der Waals surface area contributed by atoms with E-state index in [4.69, 9.17) is 16.1 Å². The van der Waals surface area contributed by atoms with Crippen molar-refractivity contribution in [1.82, 2.24) is 25.4 Å². The van der Waals surface area contributed by atoms with Crippen LogP contribution in [-0.2, 0) is 17.8 Å². The zero-order chi connectivity index (χ0) is 21.3. The molecule has 0 radical (unpaired) electrons. The summed E-state index contributed by atoms with van der Waals surface area (Å²) in [7, 11) is 0. The number of hydrogen-bond donors (Lipinski definition) is 2. The molecule has 0 atom stereocenters. The first kappa shape index (κ1) is 20.2. The summed E-state index contributed by atoms with van der Waals surface area (Å²) in [5, 5.41) is 7.83. The summed E-state index contributed by atoms with van der Waals surface area (Å²) in [6.45, 7) is 3.98. The summed E-state index contributed by atoms with van der Waals surface area (Å²) < 4.78 is 5.17. The van der Waals surface area contributed by atoms with Crippen LogP contribution in [0.2, 0.25) is 5.02 Å². The van der Waals surface area contributed by atoms with E-state index >= 15 is 0 Å². The molecule has 30 heavy (non-hydrogen) atoms. The van der Waals surface area contributed by atoms with Crippen LogP contribution in [0, 0.1) is 13.8 Å². The van der Waals surface area contributed by atoms with E-state index in [1.54, 1.807) is 18.2 Å². The van der Waals surface area contributed by atoms with Crippen LogP contribution in [0.1, 0.15) is 28.6 Å². The van der Waals surface area contributed by atoms with E-state index in [2.05, 4.69) is 25.4 Å². The number of rotatable bonds is 6. The summed E-state index contributed by atoms with van der Waals surface area (Å²) in [5.74, 6) is 0.970. The summed E-state index contributed by atoms with van der Waals surface area (Å²) in [4.78, 5) is 37.8. The molecular weight excluding hydrogens is 426 g/mol. The Kier molecular flexibility index (Phi) is 5.65. The number of hydrogen-bond acceptors (Lipinski definition) is 7. The number of aromatic nitrogens is 4. The number of amides is 1. The molecule has 0 aliphatic rings. The number of fused-ring (bicyclic) bond motifs is 1. The Balaban J connectivity index is 1.35. The number of aryl methyl sites for hydroxylation is 3. The molecule has 1 aromatic carbocycles. The first-order chi connectivity index (χ1) is 14.4. The predicted molar refractivity (Wildman–Crippen MR) is 115 cm³/mol. The third kappa shape index (κ3) is 4.27. The van der Waals surface area contributed by atoms with Crippen LogP contribution in [0.25, 0.3) is 21.6 Å². The van der Waals surface area contributed by atoms with Gasteiger partial charge in [0.2, 0.25) is 17.6 Å². The largest absolute Gasteiger partial charge is 0.347 e. The van der Waals surface area contributed by atoms with Gasteiger partial charge in [0.15, 0.2) is 0 Å². The number of aromatic amines is 1. The summed E-state index contributed by atoms with van der Waals surface area (Å²) in [5.41, 5.74) is 1.51. The molecule has 4 aromatic rings. The Bertz CT molecular complexity index is 1290. The van der Waals surface area contributed by atoms with E-state index in [0.717, 1.165) is 16.0 Å². The fraction of sp³-hybridized carbons (Fsp3) is 0.250. The van der Waals surface area contributed by atoms with Crippen molar-refractivity contribution in [3.05, 3.63) is 61.8 Å². The molecular formula is C20H18ClN5O3S. The Morgan fingerprint density at radius 3 is 2.93 bits per heavy atom. The number of nitrogens with zero attached hydrogens (tertiary/aromatic N) is 3. The topological polar surface area (TPSA) is 114 Å². The highest BCUT2D eigenvalue weighted by atomic mass is 35.5. The molecule has 154 valence electrons. The third-order valence-corrected chi connectivity index (χ3v) is 6.00. The van der Waals surface area contributed by atoms with Gasteiger partial charge in [-0.1, -0.05) is 28.9 Å². The van der Waals surface area contributed by atoms with Gasteiger partial charge in [-0.15, -0.1) is 11.3 Å². The van der Waals surface area contributed by atoms with E-state index in [-0.39, 0.29) is 30.3 Å². The Hall–Kier alpha value is -3.04. The minimum absolute atomic E-state index is 0.110. The quantitative estimate of drug-likeness (QED) is 0.471. The predicted octanol–water partition coefficient (Wildman–Crippen LogP) is 3.55. The Labute approximate surface area is 180 Å². The maximum atomic E-state index is 12.3. The van der Waals surface area contributed by atoms with Gasteiger partial charge in [0.25, 0.3) is 5.56 Å². The van der Waals surface area contributed by atoms with Gasteiger partial charge in [-0.25, -0.2) is 4.98 Å². The van der Waals surface area contributed by atoms with Crippen LogP contribution in [0.4, 0.5) is 0 Å². The highest BCUT2D eigenvalue weighted by Crippen LogP contribution is 2.25. The lowest BCUT2D eigenvalue weighted by Crippen LogP contribution is -2.24. The van der Waals surface area contributed by atoms with Crippen molar-refractivity contribution in [3.63, 3.8) is 0 Å². The monoisotopic (exact) mass is 443 g/mol. The highest BCUT2D eigenvalue weighted by molar-refractivity contribution is 7.18. The van der Waals surface area contributed by atoms with Gasteiger partial charge in [0, 0.05) is 28.3 Å². The summed E-state index contributed by atoms with van der Waals surface area (Å²) in [6, 6.07) is 7.10. The molecule has 10 heteroatoms. The van der Waals surface area contributed by atoms with E-state index < -0.39 is 0 Å². The van der Waals surface area contributed by atoms with E-state index in [1.807, 2.05) is 19.9 Å². The minimum atomic E-state index is -0.209. The zero-order valence-electron chi connectivity index (χ0n) is 16.3. The lowest BCUT2D eigenvalue weighted by atomic mass is 10.2. The van der Waals surface area contributed by atoms with Crippen molar-refractivity contribution in [2.45, 2.75) is 33.2 Å². The van der Waals surface area contributed by atoms with Gasteiger partial charge < -0.3 is 14.8 Å². The molecule has 0 spiro atoms. The van der Waals surface area contributed by atoms with Crippen molar-refractivity contribution >= 4 is 39.1 Å². The van der Waals surface area contributed by atoms with Gasteiger partial charge in [-0.3, -0.25) is 9.59 Å². The highest BCUT2D eigenvalue weighted by Gasteiger charge is 2.14. The molecule has 2 N–H and O–H groups in total. The van der Waals surface area contributed by atoms with Crippen molar-refractivity contribution < 1.29 is 9.32 Å². The van der Waals surface area contributed by atoms with E-state index in [9.17, 15) is 9.59 Å². The first-order valence-electron chi connectivity index (χ1n) is 9.25. The number of nitrogens with one attached hydrogen (secondary N) is 2. The summed E-state index contributed by atoms with van der Waals surface area (Å²) in [6.07, 6.45) is 0.498. The smallest absolute Gasteiger partial charge is 0.259 e. The van der Waals surface area contributed by atoms with Gasteiger partial charge >= 0.3 is 0 Å². The molecule has 0 saturated carbocycles. The lowest BCUT2D eigenvalue weighted by Gasteiger charge is -2.03. The van der Waals surface area contributed by atoms with Gasteiger partial charge in [-0.2, -0.15) is 4.98 Å². The maximum absolute atomic E-state index is 12.3. The molecule has 1 amide bonds. The van der Waals surface area contributed by atoms with Crippen molar-refractivity contribution in [3.8, 4) is 11.4 Å². The van der Waals surface area contributed by atoms with Crippen molar-refractivity contribution in [1.29, 1.82) is 0 Å². The molecule has 0 fully saturated rings. The molecule has 0 aliphatic heterocycles. The maximum Gasteiger partial charge on any atom is 0.259 e. The zero-order valence-corrected chi connectivity index (χ0v) is 17.9. The van der Waals surface area contributed by atoms with E-state index in [1.165, 1.54) is 11.3 Å². The Morgan fingerprint density at radius 2 is 2.13 bits per heavy atom. The van der Waals surface area contributed by atoms with Crippen molar-refractivity contribution in [2.24, 2.45) is 0 Å². The minimum Gasteiger partial charge on any atom is -0.347 e. The molecule has 4 rings (SSSR count). The second kappa shape index (κ2) is 8.37. The van der Waals surface area contributed by atoms with Crippen LogP contribution >= 0.6 is 22.9 Å². The second-order valence-electron chi connectivity index (χ2n) is 6.77. The van der Waals surface area contributed by atoms with Gasteiger partial charge in [0.05, 0.1) is 11.9 Å².